The van der Waals surface area contributed by atoms with Gasteiger partial charge in [-0.05, 0) is 49.7 Å². The number of aromatic nitrogens is 4. The quantitative estimate of drug-likeness (QED) is 0.356. The van der Waals surface area contributed by atoms with Crippen molar-refractivity contribution in [3.8, 4) is 22.4 Å². The number of alkyl halides is 6. The van der Waals surface area contributed by atoms with Crippen molar-refractivity contribution in [2.45, 2.75) is 26.2 Å². The number of halogens is 6. The van der Waals surface area contributed by atoms with Gasteiger partial charge in [-0.15, -0.1) is 0 Å². The summed E-state index contributed by atoms with van der Waals surface area (Å²) < 4.78 is 81.2. The molecule has 0 aliphatic carbocycles. The van der Waals surface area contributed by atoms with Crippen molar-refractivity contribution in [1.82, 2.24) is 19.6 Å². The van der Waals surface area contributed by atoms with Gasteiger partial charge in [0.25, 0.3) is 0 Å². The third-order valence-corrected chi connectivity index (χ3v) is 4.64. The van der Waals surface area contributed by atoms with E-state index in [2.05, 4.69) is 15.1 Å². The second kappa shape index (κ2) is 7.07. The number of hydrogen-bond acceptors (Lipinski definition) is 3. The first-order valence-corrected chi connectivity index (χ1v) is 9.03. The molecule has 0 aliphatic rings. The Hall–Kier alpha value is -3.43. The van der Waals surface area contributed by atoms with E-state index < -0.39 is 23.6 Å². The Morgan fingerprint density at radius 3 is 2.06 bits per heavy atom. The molecule has 0 amide bonds. The fourth-order valence-electron chi connectivity index (χ4n) is 3.36. The summed E-state index contributed by atoms with van der Waals surface area (Å²) in [6, 6.07) is 8.08. The van der Waals surface area contributed by atoms with Crippen LogP contribution in [0.15, 0.2) is 48.7 Å². The van der Waals surface area contributed by atoms with Crippen LogP contribution in [0.25, 0.3) is 28.0 Å². The number of pyridine rings is 1. The molecular weight excluding hydrogens is 422 g/mol. The van der Waals surface area contributed by atoms with E-state index in [0.29, 0.717) is 33.1 Å². The molecule has 0 fully saturated rings. The molecule has 4 aromatic rings. The highest BCUT2D eigenvalue weighted by molar-refractivity contribution is 5.79. The highest BCUT2D eigenvalue weighted by Crippen LogP contribution is 2.36. The van der Waals surface area contributed by atoms with E-state index in [1.54, 1.807) is 26.0 Å². The molecule has 0 spiro atoms. The first-order chi connectivity index (χ1) is 14.4. The highest BCUT2D eigenvalue weighted by Gasteiger charge is 2.36. The number of rotatable bonds is 2. The molecule has 4 nitrogen and oxygen atoms in total. The Kier molecular flexibility index (Phi) is 4.75. The molecule has 0 saturated heterocycles. The lowest BCUT2D eigenvalue weighted by molar-refractivity contribution is -0.142. The largest absolute Gasteiger partial charge is 0.433 e. The van der Waals surface area contributed by atoms with Gasteiger partial charge in [0.05, 0.1) is 17.5 Å². The molecule has 0 saturated carbocycles. The Morgan fingerprint density at radius 2 is 1.45 bits per heavy atom. The fraction of sp³-hybridized carbons (Fsp3) is 0.190. The molecule has 0 radical (unpaired) electrons. The summed E-state index contributed by atoms with van der Waals surface area (Å²) in [5, 5.41) is 3.85. The molecule has 0 bridgehead atoms. The molecule has 4 rings (SSSR count). The van der Waals surface area contributed by atoms with Crippen molar-refractivity contribution >= 4 is 5.65 Å². The van der Waals surface area contributed by atoms with Crippen LogP contribution in [0.4, 0.5) is 26.3 Å². The maximum atomic E-state index is 13.7. The van der Waals surface area contributed by atoms with E-state index in [9.17, 15) is 26.3 Å². The third kappa shape index (κ3) is 3.97. The van der Waals surface area contributed by atoms with Crippen LogP contribution in [-0.2, 0) is 12.4 Å². The Bertz CT molecular complexity index is 1270. The van der Waals surface area contributed by atoms with Crippen molar-refractivity contribution in [3.05, 3.63) is 71.3 Å². The van der Waals surface area contributed by atoms with E-state index >= 15 is 0 Å². The van der Waals surface area contributed by atoms with Crippen molar-refractivity contribution in [2.24, 2.45) is 0 Å². The van der Waals surface area contributed by atoms with Gasteiger partial charge in [-0.1, -0.05) is 12.1 Å². The van der Waals surface area contributed by atoms with Crippen molar-refractivity contribution in [1.29, 1.82) is 0 Å². The van der Waals surface area contributed by atoms with Crippen LogP contribution in [0.1, 0.15) is 22.6 Å². The number of aryl methyl sites for hydroxylation is 2. The Labute approximate surface area is 172 Å². The molecule has 0 unspecified atom stereocenters. The van der Waals surface area contributed by atoms with Crippen LogP contribution in [-0.4, -0.2) is 19.6 Å². The number of nitrogens with zero attached hydrogens (tertiary/aromatic N) is 4. The van der Waals surface area contributed by atoms with Crippen molar-refractivity contribution in [2.75, 3.05) is 0 Å². The molecule has 1 aromatic carbocycles. The predicted octanol–water partition coefficient (Wildman–Crippen LogP) is 6.11. The van der Waals surface area contributed by atoms with Gasteiger partial charge in [0, 0.05) is 22.5 Å². The summed E-state index contributed by atoms with van der Waals surface area (Å²) in [7, 11) is 0. The number of fused-ring (bicyclic) bond motifs is 1. The van der Waals surface area contributed by atoms with Crippen molar-refractivity contribution < 1.29 is 26.3 Å². The number of hydrogen-bond donors (Lipinski definition) is 0. The van der Waals surface area contributed by atoms with Crippen LogP contribution >= 0.6 is 0 Å². The van der Waals surface area contributed by atoms with Gasteiger partial charge < -0.3 is 0 Å². The average molecular weight is 436 g/mol. The van der Waals surface area contributed by atoms with E-state index in [4.69, 9.17) is 0 Å². The second-order valence-corrected chi connectivity index (χ2v) is 7.04. The van der Waals surface area contributed by atoms with Crippen molar-refractivity contribution in [3.63, 3.8) is 0 Å². The predicted molar refractivity (Wildman–Crippen MR) is 101 cm³/mol. The molecule has 31 heavy (non-hydrogen) atoms. The first kappa shape index (κ1) is 20.8. The average Bonchev–Trinajstić information content (AvgIpc) is 3.09. The lowest BCUT2D eigenvalue weighted by atomic mass is 10.1. The molecular formula is C21H14F6N4. The van der Waals surface area contributed by atoms with E-state index in [0.717, 1.165) is 18.2 Å². The topological polar surface area (TPSA) is 43.1 Å². The SMILES string of the molecule is Cc1cc(-c2cnn3c(C(F)(F)F)cc(-c4cccc(C(F)(F)F)c4)nc23)cc(C)n1. The summed E-state index contributed by atoms with van der Waals surface area (Å²) >= 11 is 0. The maximum Gasteiger partial charge on any atom is 0.433 e. The second-order valence-electron chi connectivity index (χ2n) is 7.04. The third-order valence-electron chi connectivity index (χ3n) is 4.64. The summed E-state index contributed by atoms with van der Waals surface area (Å²) in [6.45, 7) is 3.48. The highest BCUT2D eigenvalue weighted by atomic mass is 19.4. The molecule has 0 aliphatic heterocycles. The zero-order valence-electron chi connectivity index (χ0n) is 16.2. The van der Waals surface area contributed by atoms with Crippen LogP contribution in [0.3, 0.4) is 0 Å². The van der Waals surface area contributed by atoms with Gasteiger partial charge in [-0.25, -0.2) is 9.50 Å². The molecule has 0 N–H and O–H groups in total. The van der Waals surface area contributed by atoms with Crippen LogP contribution in [0.2, 0.25) is 0 Å². The van der Waals surface area contributed by atoms with Gasteiger partial charge in [0.2, 0.25) is 0 Å². The minimum absolute atomic E-state index is 0.0861. The Morgan fingerprint density at radius 1 is 0.774 bits per heavy atom. The van der Waals surface area contributed by atoms with E-state index in [1.165, 1.54) is 12.3 Å². The summed E-state index contributed by atoms with van der Waals surface area (Å²) in [4.78, 5) is 8.50. The molecule has 10 heteroatoms. The van der Waals surface area contributed by atoms with Crippen LogP contribution in [0.5, 0.6) is 0 Å². The van der Waals surface area contributed by atoms with Crippen LogP contribution in [0, 0.1) is 13.8 Å². The summed E-state index contributed by atoms with van der Waals surface area (Å²) in [6.07, 6.45) is -8.19. The Balaban J connectivity index is 2.00. The minimum atomic E-state index is -4.80. The number of benzene rings is 1. The molecule has 3 heterocycles. The van der Waals surface area contributed by atoms with Gasteiger partial charge in [0.1, 0.15) is 0 Å². The monoisotopic (exact) mass is 436 g/mol. The van der Waals surface area contributed by atoms with Gasteiger partial charge >= 0.3 is 12.4 Å². The molecule has 160 valence electrons. The van der Waals surface area contributed by atoms with Gasteiger partial charge in [-0.2, -0.15) is 31.4 Å². The summed E-state index contributed by atoms with van der Waals surface area (Å²) in [5.74, 6) is 0. The summed E-state index contributed by atoms with van der Waals surface area (Å²) in [5.41, 5.74) is -0.388. The molecule has 3 aromatic heterocycles. The molecule has 0 atom stereocenters. The smallest absolute Gasteiger partial charge is 0.258 e. The zero-order valence-corrected chi connectivity index (χ0v) is 16.2. The zero-order chi connectivity index (χ0) is 22.6. The lowest BCUT2D eigenvalue weighted by Crippen LogP contribution is -2.14. The normalized spacial score (nSPS) is 12.5. The standard InChI is InChI=1S/C21H14F6N4/c1-11-6-14(7-12(2)29-11)16-10-28-31-18(21(25,26)27)9-17(30-19(16)31)13-4-3-5-15(8-13)20(22,23)24/h3-10H,1-2H3. The minimum Gasteiger partial charge on any atom is -0.258 e. The maximum absolute atomic E-state index is 13.7. The van der Waals surface area contributed by atoms with Gasteiger partial charge in [0.15, 0.2) is 11.3 Å². The first-order valence-electron chi connectivity index (χ1n) is 9.03. The lowest BCUT2D eigenvalue weighted by Gasteiger charge is -2.13. The van der Waals surface area contributed by atoms with Crippen LogP contribution < -0.4 is 0 Å². The van der Waals surface area contributed by atoms with E-state index in [1.807, 2.05) is 0 Å². The fourth-order valence-corrected chi connectivity index (χ4v) is 3.36. The van der Waals surface area contributed by atoms with Gasteiger partial charge in [-0.3, -0.25) is 4.98 Å². The van der Waals surface area contributed by atoms with E-state index in [-0.39, 0.29) is 16.9 Å².